The highest BCUT2D eigenvalue weighted by Gasteiger charge is 2.54. The van der Waals surface area contributed by atoms with Crippen molar-refractivity contribution in [3.05, 3.63) is 76.1 Å². The van der Waals surface area contributed by atoms with Crippen LogP contribution in [0.15, 0.2) is 48.7 Å². The van der Waals surface area contributed by atoms with Crippen molar-refractivity contribution in [3.8, 4) is 17.2 Å². The molecule has 2 heterocycles. The third-order valence-corrected chi connectivity index (χ3v) is 12.8. The molecule has 2 N–H and O–H groups in total. The van der Waals surface area contributed by atoms with E-state index in [4.69, 9.17) is 25.8 Å². The van der Waals surface area contributed by atoms with Gasteiger partial charge in [-0.1, -0.05) is 31.5 Å². The van der Waals surface area contributed by atoms with Crippen LogP contribution in [0.5, 0.6) is 17.2 Å². The van der Waals surface area contributed by atoms with Gasteiger partial charge in [0.15, 0.2) is 11.5 Å². The molecule has 2 aromatic carbocycles. The van der Waals surface area contributed by atoms with Crippen molar-refractivity contribution in [3.63, 3.8) is 0 Å². The Labute approximate surface area is 327 Å². The van der Waals surface area contributed by atoms with Gasteiger partial charge >= 0.3 is 12.1 Å². The summed E-state index contributed by atoms with van der Waals surface area (Å²) in [6, 6.07) is 13.4. The Bertz CT molecular complexity index is 1850. The molecule has 0 radical (unpaired) electrons. The minimum absolute atomic E-state index is 0.0267. The molecule has 298 valence electrons. The van der Waals surface area contributed by atoms with Gasteiger partial charge < -0.3 is 29.5 Å². The number of carboxylic acid groups (broad SMARTS) is 1. The second-order valence-corrected chi connectivity index (χ2v) is 17.1. The van der Waals surface area contributed by atoms with Gasteiger partial charge in [-0.25, -0.2) is 4.79 Å². The minimum Gasteiger partial charge on any atom is -0.493 e. The summed E-state index contributed by atoms with van der Waals surface area (Å²) < 4.78 is 57.6. The van der Waals surface area contributed by atoms with Crippen LogP contribution >= 0.6 is 11.6 Å². The Morgan fingerprint density at radius 3 is 2.71 bits per heavy atom. The van der Waals surface area contributed by atoms with E-state index >= 15 is 0 Å². The zero-order valence-corrected chi connectivity index (χ0v) is 32.8. The molecular formula is C43H53ClF3N3O5. The van der Waals surface area contributed by atoms with Gasteiger partial charge in [-0.15, -0.1) is 0 Å². The second-order valence-electron chi connectivity index (χ2n) is 16.7. The molecule has 1 aliphatic heterocycles. The van der Waals surface area contributed by atoms with Crippen molar-refractivity contribution in [1.82, 2.24) is 9.88 Å². The summed E-state index contributed by atoms with van der Waals surface area (Å²) in [5, 5.41) is 14.6. The number of rotatable bonds is 13. The lowest BCUT2D eigenvalue weighted by molar-refractivity contribution is -0.144. The van der Waals surface area contributed by atoms with Crippen molar-refractivity contribution in [2.75, 3.05) is 38.7 Å². The van der Waals surface area contributed by atoms with Crippen molar-refractivity contribution in [2.24, 2.45) is 11.8 Å². The number of aromatic nitrogens is 1. The molecule has 0 saturated heterocycles. The van der Waals surface area contributed by atoms with Crippen LogP contribution in [0.4, 0.5) is 18.9 Å². The molecule has 55 heavy (non-hydrogen) atoms. The molecule has 7 rings (SSSR count). The zero-order chi connectivity index (χ0) is 39.0. The fourth-order valence-corrected chi connectivity index (χ4v) is 9.98. The summed E-state index contributed by atoms with van der Waals surface area (Å²) >= 11 is 6.28. The number of alkyl halides is 3. The fourth-order valence-electron chi connectivity index (χ4n) is 9.79. The molecule has 1 spiro atoms. The monoisotopic (exact) mass is 783 g/mol. The van der Waals surface area contributed by atoms with Gasteiger partial charge in [0, 0.05) is 41.1 Å². The van der Waals surface area contributed by atoms with Gasteiger partial charge in [-0.05, 0) is 148 Å². The van der Waals surface area contributed by atoms with Crippen molar-refractivity contribution < 1.29 is 37.3 Å². The summed E-state index contributed by atoms with van der Waals surface area (Å²) in [4.78, 5) is 19.6. The van der Waals surface area contributed by atoms with Gasteiger partial charge in [-0.3, -0.25) is 4.98 Å². The zero-order valence-electron chi connectivity index (χ0n) is 32.0. The smallest absolute Gasteiger partial charge is 0.389 e. The van der Waals surface area contributed by atoms with Crippen molar-refractivity contribution in [2.45, 2.75) is 114 Å². The highest BCUT2D eigenvalue weighted by Crippen LogP contribution is 2.58. The molecular weight excluding hydrogens is 731 g/mol. The minimum atomic E-state index is -4.17. The fraction of sp³-hybridized carbons (Fsp3) is 0.581. The highest BCUT2D eigenvalue weighted by atomic mass is 35.5. The van der Waals surface area contributed by atoms with E-state index in [1.807, 2.05) is 29.3 Å². The lowest BCUT2D eigenvalue weighted by Gasteiger charge is -2.47. The lowest BCUT2D eigenvalue weighted by Crippen LogP contribution is -2.53. The van der Waals surface area contributed by atoms with Crippen LogP contribution < -0.4 is 19.5 Å². The molecule has 12 heteroatoms. The number of ether oxygens (including phenoxy) is 3. The van der Waals surface area contributed by atoms with Crippen LogP contribution in [0, 0.1) is 11.8 Å². The maximum absolute atomic E-state index is 13.0. The van der Waals surface area contributed by atoms with Gasteiger partial charge in [-0.2, -0.15) is 13.2 Å². The first kappa shape index (κ1) is 39.5. The normalized spacial score (nSPS) is 26.4. The number of hydrogen-bond acceptors (Lipinski definition) is 7. The van der Waals surface area contributed by atoms with Crippen LogP contribution in [0.2, 0.25) is 5.02 Å². The third kappa shape index (κ3) is 8.68. The number of likely N-dealkylation sites (N-methyl/N-ethyl adjacent to an activating group) is 1. The number of nitrogens with zero attached hydrogens (tertiary/aromatic N) is 2. The average molecular weight is 784 g/mol. The first-order chi connectivity index (χ1) is 26.2. The number of aliphatic carboxylic acids is 1. The van der Waals surface area contributed by atoms with E-state index in [0.29, 0.717) is 80.1 Å². The summed E-state index contributed by atoms with van der Waals surface area (Å²) in [7, 11) is 1.81. The first-order valence-electron chi connectivity index (χ1n) is 19.8. The van der Waals surface area contributed by atoms with Crippen LogP contribution in [-0.2, 0) is 23.1 Å². The molecule has 3 aliphatic carbocycles. The Kier molecular flexibility index (Phi) is 11.5. The van der Waals surface area contributed by atoms with Gasteiger partial charge in [0.1, 0.15) is 24.0 Å². The highest BCUT2D eigenvalue weighted by molar-refractivity contribution is 6.30. The first-order valence-corrected chi connectivity index (χ1v) is 20.2. The van der Waals surface area contributed by atoms with Crippen molar-refractivity contribution in [1.29, 1.82) is 0 Å². The number of fused-ring (bicyclic) bond motifs is 4. The van der Waals surface area contributed by atoms with E-state index in [1.54, 1.807) is 19.2 Å². The van der Waals surface area contributed by atoms with E-state index in [1.165, 1.54) is 16.7 Å². The number of hydrogen-bond donors (Lipinski definition) is 2. The molecule has 4 aliphatic rings. The van der Waals surface area contributed by atoms with Gasteiger partial charge in [0.2, 0.25) is 0 Å². The summed E-state index contributed by atoms with van der Waals surface area (Å²) in [5.41, 5.74) is 4.02. The van der Waals surface area contributed by atoms with Crippen LogP contribution in [-0.4, -0.2) is 72.1 Å². The van der Waals surface area contributed by atoms with Crippen molar-refractivity contribution >= 4 is 23.3 Å². The molecule has 4 atom stereocenters. The number of halogens is 4. The molecule has 1 saturated carbocycles. The van der Waals surface area contributed by atoms with E-state index < -0.39 is 24.1 Å². The number of benzene rings is 2. The van der Waals surface area contributed by atoms with Crippen LogP contribution in [0.3, 0.4) is 0 Å². The molecule has 0 bridgehead atoms. The predicted molar refractivity (Wildman–Crippen MR) is 207 cm³/mol. The Hall–Kier alpha value is -3.70. The summed E-state index contributed by atoms with van der Waals surface area (Å²) in [5.74, 6) is 2.26. The van der Waals surface area contributed by atoms with E-state index in [9.17, 15) is 23.1 Å². The summed E-state index contributed by atoms with van der Waals surface area (Å²) in [6.07, 6.45) is 3.75. The number of carbonyl (C=O) groups is 1. The van der Waals surface area contributed by atoms with Crippen LogP contribution in [0.25, 0.3) is 0 Å². The van der Waals surface area contributed by atoms with Gasteiger partial charge in [0.05, 0.1) is 6.61 Å². The standard InChI is InChI=1S/C43H53ClF3N3O5/c1-27(25-53-36-11-17-48-35-10-4-7-28(2)39(35)36)19-30-20-29-21-37-38(55-33(26-54-37)24-50(3)18-6-12-43(45,46)47)23-34(29)41(30)13-15-42(16-14-41,40(51)52)49-32-9-5-8-31(44)22-32/h5,8-9,11,17,21-23,27-28,30,33,49H,4,6-7,10,12-16,18-20,24-26H2,1-3H3,(H,51,52)/t27-,28-,30+,33+,41?,42?/m1/s1. The Balaban J connectivity index is 1.11. The topological polar surface area (TPSA) is 93.2 Å². The molecule has 1 fully saturated rings. The Morgan fingerprint density at radius 1 is 1.16 bits per heavy atom. The molecule has 3 aromatic rings. The third-order valence-electron chi connectivity index (χ3n) is 12.6. The molecule has 0 unspecified atom stereocenters. The number of carboxylic acids is 1. The van der Waals surface area contributed by atoms with Crippen LogP contribution in [0.1, 0.15) is 99.9 Å². The predicted octanol–water partition coefficient (Wildman–Crippen LogP) is 9.61. The van der Waals surface area contributed by atoms with E-state index in [-0.39, 0.29) is 29.8 Å². The molecule has 0 amide bonds. The molecule has 8 nitrogen and oxygen atoms in total. The largest absolute Gasteiger partial charge is 0.493 e. The number of aryl methyl sites for hydroxylation is 1. The average Bonchev–Trinajstić information content (AvgIpc) is 3.40. The number of anilines is 1. The van der Waals surface area contributed by atoms with Gasteiger partial charge in [0.25, 0.3) is 0 Å². The van der Waals surface area contributed by atoms with E-state index in [2.05, 4.69) is 36.3 Å². The van der Waals surface area contributed by atoms with E-state index in [0.717, 1.165) is 43.5 Å². The molecule has 1 aromatic heterocycles. The summed E-state index contributed by atoms with van der Waals surface area (Å²) in [6.45, 7) is 6.12. The Morgan fingerprint density at radius 2 is 1.96 bits per heavy atom. The number of nitrogens with one attached hydrogen (secondary N) is 1. The SMILES string of the molecule is C[C@@H](COc1ccnc2c1[C@H](C)CCC2)C[C@H]1Cc2cc3c(cc2C12CCC(Nc1cccc(Cl)c1)(C(=O)O)CC2)O[C@@H](CN(C)CCCC(F)(F)F)CO3. The second kappa shape index (κ2) is 16.0. The number of pyridine rings is 1. The lowest BCUT2D eigenvalue weighted by atomic mass is 9.59. The quantitative estimate of drug-likeness (QED) is 0.177. The maximum atomic E-state index is 13.0. The maximum Gasteiger partial charge on any atom is 0.389 e.